The number of rotatable bonds is 4. The summed E-state index contributed by atoms with van der Waals surface area (Å²) in [5, 5.41) is 11.0. The summed E-state index contributed by atoms with van der Waals surface area (Å²) in [7, 11) is 1.96. The molecule has 2 aromatic rings. The molecule has 22 heavy (non-hydrogen) atoms. The molecule has 1 aliphatic heterocycles. The molecule has 1 aliphatic rings. The summed E-state index contributed by atoms with van der Waals surface area (Å²) >= 11 is 0. The molecule has 1 atom stereocenters. The molecule has 0 aliphatic carbocycles. The Morgan fingerprint density at radius 3 is 2.73 bits per heavy atom. The van der Waals surface area contributed by atoms with Gasteiger partial charge in [0.1, 0.15) is 11.4 Å². The topological polar surface area (TPSA) is 41.3 Å². The van der Waals surface area contributed by atoms with Gasteiger partial charge in [-0.3, -0.25) is 0 Å². The highest BCUT2D eigenvalue weighted by molar-refractivity contribution is 5.15. The van der Waals surface area contributed by atoms with Crippen molar-refractivity contribution in [2.24, 2.45) is 7.05 Å². The second-order valence-corrected chi connectivity index (χ2v) is 6.32. The van der Waals surface area contributed by atoms with E-state index in [0.717, 1.165) is 51.1 Å². The van der Waals surface area contributed by atoms with Gasteiger partial charge in [-0.2, -0.15) is 0 Å². The molecule has 1 N–H and O–H groups in total. The Hall–Kier alpha value is -1.65. The molecule has 1 saturated heterocycles. The Balaban J connectivity index is 1.59. The molecule has 0 amide bonds. The predicted octanol–water partition coefficient (Wildman–Crippen LogP) is 2.34. The van der Waals surface area contributed by atoms with Crippen LogP contribution in [0.25, 0.3) is 0 Å². The zero-order valence-corrected chi connectivity index (χ0v) is 13.3. The van der Waals surface area contributed by atoms with Crippen LogP contribution in [-0.2, 0) is 19.1 Å². The molecule has 4 heteroatoms. The van der Waals surface area contributed by atoms with Crippen LogP contribution in [0.3, 0.4) is 0 Å². The third-order valence-corrected chi connectivity index (χ3v) is 4.70. The van der Waals surface area contributed by atoms with Crippen molar-refractivity contribution < 1.29 is 5.11 Å². The highest BCUT2D eigenvalue weighted by Gasteiger charge is 2.35. The maximum Gasteiger partial charge on any atom is 0.140 e. The monoisotopic (exact) mass is 299 g/mol. The van der Waals surface area contributed by atoms with Gasteiger partial charge in [0.05, 0.1) is 0 Å². The molecule has 2 heterocycles. The molecule has 1 aromatic carbocycles. The van der Waals surface area contributed by atoms with Crippen LogP contribution in [0.4, 0.5) is 0 Å². The van der Waals surface area contributed by atoms with Crippen LogP contribution in [-0.4, -0.2) is 39.2 Å². The highest BCUT2D eigenvalue weighted by atomic mass is 16.3. The van der Waals surface area contributed by atoms with Gasteiger partial charge in [0.25, 0.3) is 0 Å². The molecular formula is C18H25N3O. The van der Waals surface area contributed by atoms with Crippen molar-refractivity contribution in [3.63, 3.8) is 0 Å². The second-order valence-electron chi connectivity index (χ2n) is 6.32. The van der Waals surface area contributed by atoms with Crippen LogP contribution < -0.4 is 0 Å². The Kier molecular flexibility index (Phi) is 4.60. The molecule has 118 valence electrons. The van der Waals surface area contributed by atoms with E-state index < -0.39 is 5.60 Å². The van der Waals surface area contributed by atoms with Crippen molar-refractivity contribution in [2.75, 3.05) is 19.6 Å². The zero-order valence-electron chi connectivity index (χ0n) is 13.3. The summed E-state index contributed by atoms with van der Waals surface area (Å²) in [6.07, 6.45) is 7.31. The number of imidazole rings is 1. The fourth-order valence-electron chi connectivity index (χ4n) is 3.37. The predicted molar refractivity (Wildman–Crippen MR) is 87.5 cm³/mol. The van der Waals surface area contributed by atoms with E-state index in [1.165, 1.54) is 5.56 Å². The van der Waals surface area contributed by atoms with E-state index in [-0.39, 0.29) is 0 Å². The van der Waals surface area contributed by atoms with E-state index >= 15 is 0 Å². The maximum atomic E-state index is 11.0. The summed E-state index contributed by atoms with van der Waals surface area (Å²) in [4.78, 5) is 6.83. The fraction of sp³-hybridized carbons (Fsp3) is 0.500. The van der Waals surface area contributed by atoms with Gasteiger partial charge >= 0.3 is 0 Å². The third-order valence-electron chi connectivity index (χ3n) is 4.70. The van der Waals surface area contributed by atoms with Crippen molar-refractivity contribution in [1.82, 2.24) is 14.5 Å². The van der Waals surface area contributed by atoms with Gasteiger partial charge in [0.2, 0.25) is 0 Å². The van der Waals surface area contributed by atoms with Gasteiger partial charge in [0.15, 0.2) is 0 Å². The van der Waals surface area contributed by atoms with Crippen molar-refractivity contribution in [2.45, 2.75) is 31.3 Å². The summed E-state index contributed by atoms with van der Waals surface area (Å²) in [5.41, 5.74) is 0.603. The van der Waals surface area contributed by atoms with Gasteiger partial charge < -0.3 is 14.6 Å². The highest BCUT2D eigenvalue weighted by Crippen LogP contribution is 2.31. The first-order valence-electron chi connectivity index (χ1n) is 8.14. The van der Waals surface area contributed by atoms with Crippen LogP contribution in [0.5, 0.6) is 0 Å². The first-order valence-corrected chi connectivity index (χ1v) is 8.14. The lowest BCUT2D eigenvalue weighted by Crippen LogP contribution is -2.32. The van der Waals surface area contributed by atoms with E-state index in [0.29, 0.717) is 0 Å². The van der Waals surface area contributed by atoms with Gasteiger partial charge in [0, 0.05) is 32.5 Å². The molecule has 1 aromatic heterocycles. The lowest BCUT2D eigenvalue weighted by molar-refractivity contribution is 0.00996. The Morgan fingerprint density at radius 1 is 1.18 bits per heavy atom. The Morgan fingerprint density at radius 2 is 2.00 bits per heavy atom. The number of nitrogens with zero attached hydrogens (tertiary/aromatic N) is 3. The van der Waals surface area contributed by atoms with Gasteiger partial charge in [-0.15, -0.1) is 0 Å². The van der Waals surface area contributed by atoms with E-state index in [4.69, 9.17) is 0 Å². The summed E-state index contributed by atoms with van der Waals surface area (Å²) in [6, 6.07) is 10.6. The van der Waals surface area contributed by atoms with E-state index in [2.05, 4.69) is 40.2 Å². The van der Waals surface area contributed by atoms with E-state index in [1.807, 2.05) is 17.8 Å². The Bertz CT molecular complexity index is 595. The molecule has 1 unspecified atom stereocenters. The van der Waals surface area contributed by atoms with Crippen molar-refractivity contribution in [3.8, 4) is 0 Å². The number of hydrogen-bond acceptors (Lipinski definition) is 3. The minimum Gasteiger partial charge on any atom is -0.382 e. The number of likely N-dealkylation sites (tertiary alicyclic amines) is 1. The number of hydrogen-bond donors (Lipinski definition) is 1. The van der Waals surface area contributed by atoms with Crippen molar-refractivity contribution in [3.05, 3.63) is 54.1 Å². The number of aliphatic hydroxyl groups is 1. The zero-order chi connectivity index (χ0) is 15.4. The Labute approximate surface area is 132 Å². The minimum absolute atomic E-state index is 0.757. The first kappa shape index (κ1) is 15.3. The third kappa shape index (κ3) is 3.39. The second kappa shape index (κ2) is 6.63. The smallest absolute Gasteiger partial charge is 0.140 e. The molecule has 0 bridgehead atoms. The van der Waals surface area contributed by atoms with Crippen molar-refractivity contribution >= 4 is 0 Å². The number of benzene rings is 1. The average Bonchev–Trinajstić information content (AvgIpc) is 2.88. The van der Waals surface area contributed by atoms with E-state index in [9.17, 15) is 5.11 Å². The molecule has 0 spiro atoms. The number of aromatic nitrogens is 2. The van der Waals surface area contributed by atoms with Gasteiger partial charge in [-0.1, -0.05) is 30.3 Å². The number of aryl methyl sites for hydroxylation is 1. The van der Waals surface area contributed by atoms with Crippen LogP contribution >= 0.6 is 0 Å². The quantitative estimate of drug-likeness (QED) is 0.942. The minimum atomic E-state index is -0.778. The van der Waals surface area contributed by atoms with Gasteiger partial charge in [-0.25, -0.2) is 4.98 Å². The lowest BCUT2D eigenvalue weighted by atomic mass is 9.94. The van der Waals surface area contributed by atoms with E-state index in [1.54, 1.807) is 6.20 Å². The fourth-order valence-corrected chi connectivity index (χ4v) is 3.37. The maximum absolute atomic E-state index is 11.0. The lowest BCUT2D eigenvalue weighted by Gasteiger charge is -2.26. The summed E-state index contributed by atoms with van der Waals surface area (Å²) in [5.74, 6) is 0.803. The molecule has 0 radical (unpaired) electrons. The van der Waals surface area contributed by atoms with Crippen molar-refractivity contribution in [1.29, 1.82) is 0 Å². The molecule has 3 rings (SSSR count). The van der Waals surface area contributed by atoms with Gasteiger partial charge in [-0.05, 0) is 37.8 Å². The van der Waals surface area contributed by atoms with Crippen LogP contribution in [0, 0.1) is 0 Å². The first-order chi connectivity index (χ1) is 10.7. The summed E-state index contributed by atoms with van der Waals surface area (Å²) in [6.45, 7) is 3.04. The van der Waals surface area contributed by atoms with Crippen LogP contribution in [0.15, 0.2) is 42.7 Å². The molecule has 1 fully saturated rings. The van der Waals surface area contributed by atoms with Crippen LogP contribution in [0.1, 0.15) is 30.7 Å². The molecular weight excluding hydrogens is 274 g/mol. The normalized spacial score (nSPS) is 23.4. The average molecular weight is 299 g/mol. The SMILES string of the molecule is Cn1ccnc1C1(O)CCCN(CCc2ccccc2)CC1. The molecule has 4 nitrogen and oxygen atoms in total. The largest absolute Gasteiger partial charge is 0.382 e. The summed E-state index contributed by atoms with van der Waals surface area (Å²) < 4.78 is 1.94. The van der Waals surface area contributed by atoms with Crippen LogP contribution in [0.2, 0.25) is 0 Å². The molecule has 0 saturated carbocycles. The standard InChI is InChI=1S/C18H25N3O/c1-20-15-11-19-17(20)18(22)9-5-12-21(14-10-18)13-8-16-6-3-2-4-7-16/h2-4,6-7,11,15,22H,5,8-10,12-14H2,1H3.